The number of halogens is 2. The van der Waals surface area contributed by atoms with Crippen LogP contribution >= 0.6 is 11.6 Å². The molecule has 3 rings (SSSR count). The van der Waals surface area contributed by atoms with Gasteiger partial charge in [-0.15, -0.1) is 6.42 Å². The number of rotatable bonds is 2. The Hall–Kier alpha value is -2.78. The number of terminal acetylenes is 1. The summed E-state index contributed by atoms with van der Waals surface area (Å²) in [6, 6.07) is 4.92. The Morgan fingerprint density at radius 3 is 2.62 bits per heavy atom. The Morgan fingerprint density at radius 1 is 1.42 bits per heavy atom. The number of benzene rings is 1. The number of hydrogen-bond acceptors (Lipinski definition) is 3. The summed E-state index contributed by atoms with van der Waals surface area (Å²) in [4.78, 5) is 10.9. The molecular weight excluding hydrogens is 327 g/mol. The van der Waals surface area contributed by atoms with E-state index in [-0.39, 0.29) is 16.3 Å². The molecule has 0 amide bonds. The Kier molecular flexibility index (Phi) is 3.82. The number of hydrogen-bond donors (Lipinski definition) is 1. The monoisotopic (exact) mass is 338 g/mol. The van der Waals surface area contributed by atoms with Crippen LogP contribution in [0.15, 0.2) is 35.2 Å². The van der Waals surface area contributed by atoms with Crippen molar-refractivity contribution in [3.05, 3.63) is 57.1 Å². The Morgan fingerprint density at radius 2 is 2.12 bits per heavy atom. The van der Waals surface area contributed by atoms with E-state index in [1.165, 1.54) is 12.1 Å². The molecule has 1 saturated carbocycles. The second-order valence-corrected chi connectivity index (χ2v) is 6.26. The quantitative estimate of drug-likeness (QED) is 0.661. The zero-order valence-corrected chi connectivity index (χ0v) is 13.6. The molecule has 0 radical (unpaired) electrons. The van der Waals surface area contributed by atoms with Gasteiger partial charge in [0, 0.05) is 21.9 Å². The molecule has 0 atom stereocenters. The molecule has 24 heavy (non-hydrogen) atoms. The lowest BCUT2D eigenvalue weighted by molar-refractivity contribution is 0.566. The molecular formula is C19H12ClFN2O. The predicted molar refractivity (Wildman–Crippen MR) is 89.8 cm³/mol. The number of carbonyl (C=O) groups excluding carboxylic acids is 1. The average Bonchev–Trinajstić information content (AvgIpc) is 3.34. The second-order valence-electron chi connectivity index (χ2n) is 5.85. The molecule has 3 nitrogen and oxygen atoms in total. The lowest BCUT2D eigenvalue weighted by Gasteiger charge is -2.19. The average molecular weight is 339 g/mol. The highest BCUT2D eigenvalue weighted by molar-refractivity contribution is 6.31. The highest BCUT2D eigenvalue weighted by Gasteiger charge is 2.46. The van der Waals surface area contributed by atoms with Crippen LogP contribution in [0.2, 0.25) is 5.02 Å². The van der Waals surface area contributed by atoms with Crippen LogP contribution in [0, 0.1) is 29.5 Å². The smallest absolute Gasteiger partial charge is 0.151 e. The van der Waals surface area contributed by atoms with Gasteiger partial charge in [0.15, 0.2) is 5.94 Å². The molecule has 1 aromatic carbocycles. The molecule has 1 aliphatic carbocycles. The minimum atomic E-state index is -0.602. The standard InChI is InChI=1S/C19H12ClFN2O/c1-3-19(4-5-19)18-15(20)7-12(8-16(18)21)14-6-13(9-22)17(10-24)23-11(14)2/h1,6-8,23H,4-5H2,2H3. The molecule has 0 aromatic heterocycles. The van der Waals surface area contributed by atoms with Crippen molar-refractivity contribution in [1.29, 1.82) is 5.26 Å². The van der Waals surface area contributed by atoms with Crippen LogP contribution in [0.4, 0.5) is 4.39 Å². The summed E-state index contributed by atoms with van der Waals surface area (Å²) in [5.41, 5.74) is 1.65. The number of nitrogens with zero attached hydrogens (tertiary/aromatic N) is 1. The maximum atomic E-state index is 14.7. The fourth-order valence-corrected chi connectivity index (χ4v) is 3.28. The maximum Gasteiger partial charge on any atom is 0.151 e. The lowest BCUT2D eigenvalue weighted by atomic mass is 9.91. The van der Waals surface area contributed by atoms with Crippen molar-refractivity contribution in [2.75, 3.05) is 0 Å². The predicted octanol–water partition coefficient (Wildman–Crippen LogP) is 3.64. The van der Waals surface area contributed by atoms with Gasteiger partial charge in [-0.25, -0.2) is 9.18 Å². The molecule has 1 aliphatic heterocycles. The van der Waals surface area contributed by atoms with E-state index in [1.54, 1.807) is 18.9 Å². The topological polar surface area (TPSA) is 52.9 Å². The molecule has 5 heteroatoms. The van der Waals surface area contributed by atoms with Crippen molar-refractivity contribution in [2.24, 2.45) is 0 Å². The number of nitrogens with one attached hydrogen (secondary N) is 1. The van der Waals surface area contributed by atoms with Crippen LogP contribution in [-0.4, -0.2) is 5.94 Å². The van der Waals surface area contributed by atoms with Crippen LogP contribution in [0.5, 0.6) is 0 Å². The van der Waals surface area contributed by atoms with Gasteiger partial charge in [0.25, 0.3) is 0 Å². The molecule has 0 bridgehead atoms. The SMILES string of the molecule is C#CC1(c2c(F)cc(C3=C(C)NC(=C=O)C(C#N)=C3)cc2Cl)CC1. The van der Waals surface area contributed by atoms with Gasteiger partial charge in [-0.2, -0.15) is 5.26 Å². The van der Waals surface area contributed by atoms with Crippen molar-refractivity contribution in [3.63, 3.8) is 0 Å². The van der Waals surface area contributed by atoms with Crippen LogP contribution < -0.4 is 5.32 Å². The molecule has 118 valence electrons. The van der Waals surface area contributed by atoms with Crippen LogP contribution in [-0.2, 0) is 10.2 Å². The molecule has 2 aliphatic rings. The van der Waals surface area contributed by atoms with Crippen molar-refractivity contribution >= 4 is 23.1 Å². The first kappa shape index (κ1) is 16.1. The van der Waals surface area contributed by atoms with Gasteiger partial charge >= 0.3 is 0 Å². The van der Waals surface area contributed by atoms with E-state index in [1.807, 2.05) is 6.07 Å². The summed E-state index contributed by atoms with van der Waals surface area (Å²) in [7, 11) is 0. The third-order valence-corrected chi connectivity index (χ3v) is 4.65. The zero-order valence-electron chi connectivity index (χ0n) is 12.8. The Labute approximate surface area is 144 Å². The first-order valence-corrected chi connectivity index (χ1v) is 7.66. The minimum Gasteiger partial charge on any atom is -0.348 e. The van der Waals surface area contributed by atoms with Crippen molar-refractivity contribution in [2.45, 2.75) is 25.2 Å². The largest absolute Gasteiger partial charge is 0.348 e. The van der Waals surface area contributed by atoms with Crippen LogP contribution in [0.1, 0.15) is 30.9 Å². The summed E-state index contributed by atoms with van der Waals surface area (Å²) in [5.74, 6) is 3.86. The van der Waals surface area contributed by atoms with Crippen molar-refractivity contribution < 1.29 is 9.18 Å². The minimum absolute atomic E-state index is 0.0613. The molecule has 1 N–H and O–H groups in total. The number of dihydropyridines is 1. The van der Waals surface area contributed by atoms with E-state index in [0.717, 1.165) is 12.8 Å². The third kappa shape index (κ3) is 2.43. The highest BCUT2D eigenvalue weighted by atomic mass is 35.5. The Bertz CT molecular complexity index is 926. The van der Waals surface area contributed by atoms with Crippen molar-refractivity contribution in [3.8, 4) is 18.4 Å². The van der Waals surface area contributed by atoms with Gasteiger partial charge in [0.1, 0.15) is 17.6 Å². The van der Waals surface area contributed by atoms with Gasteiger partial charge in [-0.1, -0.05) is 17.5 Å². The first-order valence-electron chi connectivity index (χ1n) is 7.28. The summed E-state index contributed by atoms with van der Waals surface area (Å²) < 4.78 is 14.7. The molecule has 1 fully saturated rings. The Balaban J connectivity index is 2.13. The van der Waals surface area contributed by atoms with Crippen LogP contribution in [0.3, 0.4) is 0 Å². The fourth-order valence-electron chi connectivity index (χ4n) is 2.89. The zero-order chi connectivity index (χ0) is 17.5. The normalized spacial score (nSPS) is 18.0. The summed E-state index contributed by atoms with van der Waals surface area (Å²) >= 11 is 6.30. The van der Waals surface area contributed by atoms with E-state index < -0.39 is 11.2 Å². The van der Waals surface area contributed by atoms with E-state index in [0.29, 0.717) is 22.4 Å². The van der Waals surface area contributed by atoms with Gasteiger partial charge in [-0.3, -0.25) is 0 Å². The first-order chi connectivity index (χ1) is 11.5. The number of allylic oxidation sites excluding steroid dienone is 4. The highest BCUT2D eigenvalue weighted by Crippen LogP contribution is 2.51. The summed E-state index contributed by atoms with van der Waals surface area (Å²) in [6.07, 6.45) is 8.48. The van der Waals surface area contributed by atoms with Crippen molar-refractivity contribution in [1.82, 2.24) is 5.32 Å². The van der Waals surface area contributed by atoms with Gasteiger partial charge in [0.05, 0.1) is 11.0 Å². The summed E-state index contributed by atoms with van der Waals surface area (Å²) in [6.45, 7) is 1.72. The lowest BCUT2D eigenvalue weighted by Crippen LogP contribution is -2.18. The maximum absolute atomic E-state index is 14.7. The fraction of sp³-hybridized carbons (Fsp3) is 0.211. The third-order valence-electron chi connectivity index (χ3n) is 4.35. The van der Waals surface area contributed by atoms with E-state index >= 15 is 0 Å². The van der Waals surface area contributed by atoms with E-state index in [4.69, 9.17) is 23.3 Å². The number of nitriles is 1. The van der Waals surface area contributed by atoms with E-state index in [9.17, 15) is 9.18 Å². The van der Waals surface area contributed by atoms with Gasteiger partial charge in [-0.05, 0) is 43.5 Å². The summed E-state index contributed by atoms with van der Waals surface area (Å²) in [5, 5.41) is 12.2. The second kappa shape index (κ2) is 5.69. The molecule has 0 saturated heterocycles. The van der Waals surface area contributed by atoms with Gasteiger partial charge in [0.2, 0.25) is 0 Å². The molecule has 1 heterocycles. The van der Waals surface area contributed by atoms with E-state index in [2.05, 4.69) is 11.2 Å². The van der Waals surface area contributed by atoms with Crippen LogP contribution in [0.25, 0.3) is 5.57 Å². The molecule has 0 spiro atoms. The molecule has 0 unspecified atom stereocenters. The molecule has 1 aromatic rings. The van der Waals surface area contributed by atoms with Gasteiger partial charge < -0.3 is 5.32 Å².